The van der Waals surface area contributed by atoms with Crippen molar-refractivity contribution in [2.45, 2.75) is 25.3 Å². The molecule has 0 spiro atoms. The summed E-state index contributed by atoms with van der Waals surface area (Å²) in [5, 5.41) is 0. The van der Waals surface area contributed by atoms with Crippen LogP contribution in [0.5, 0.6) is 0 Å². The van der Waals surface area contributed by atoms with Crippen LogP contribution in [-0.4, -0.2) is 19.8 Å². The number of sulfonamides is 1. The van der Waals surface area contributed by atoms with Crippen LogP contribution in [0.3, 0.4) is 0 Å². The summed E-state index contributed by atoms with van der Waals surface area (Å²) in [6.45, 7) is 4.45. The van der Waals surface area contributed by atoms with Crippen molar-refractivity contribution >= 4 is 10.0 Å². The summed E-state index contributed by atoms with van der Waals surface area (Å²) in [6.07, 6.45) is 0. The van der Waals surface area contributed by atoms with Gasteiger partial charge < -0.3 is 0 Å². The van der Waals surface area contributed by atoms with Gasteiger partial charge in [0.25, 0.3) is 0 Å². The molecule has 0 aliphatic carbocycles. The maximum atomic E-state index is 12.4. The topological polar surface area (TPSA) is 37.4 Å². The zero-order valence-corrected chi connectivity index (χ0v) is 12.8. The Morgan fingerprint density at radius 1 is 0.950 bits per heavy atom. The normalized spacial score (nSPS) is 11.8. The van der Waals surface area contributed by atoms with E-state index in [2.05, 4.69) is 0 Å². The minimum Gasteiger partial charge on any atom is -0.207 e. The number of nitrogens with zero attached hydrogens (tertiary/aromatic N) is 1. The molecule has 0 saturated heterocycles. The van der Waals surface area contributed by atoms with Crippen molar-refractivity contribution in [1.29, 1.82) is 0 Å². The Labute approximate surface area is 120 Å². The van der Waals surface area contributed by atoms with Gasteiger partial charge in [-0.3, -0.25) is 0 Å². The van der Waals surface area contributed by atoms with E-state index in [1.165, 1.54) is 15.4 Å². The average molecular weight is 289 g/mol. The molecule has 4 heteroatoms. The van der Waals surface area contributed by atoms with Crippen molar-refractivity contribution in [3.8, 4) is 0 Å². The van der Waals surface area contributed by atoms with Gasteiger partial charge in [0.05, 0.1) is 4.90 Å². The van der Waals surface area contributed by atoms with Gasteiger partial charge >= 0.3 is 0 Å². The molecule has 2 aromatic rings. The number of hydrogen-bond donors (Lipinski definition) is 0. The molecule has 3 nitrogen and oxygen atoms in total. The Morgan fingerprint density at radius 2 is 1.60 bits per heavy atom. The SMILES string of the molecule is Cc1ccc(CN(C)S(=O)(=O)c2ccccc2)cc1C. The monoisotopic (exact) mass is 289 g/mol. The summed E-state index contributed by atoms with van der Waals surface area (Å²) in [7, 11) is -1.82. The second-order valence-corrected chi connectivity index (χ2v) is 7.04. The number of rotatable bonds is 4. The van der Waals surface area contributed by atoms with Gasteiger partial charge in [-0.15, -0.1) is 0 Å². The Morgan fingerprint density at radius 3 is 2.20 bits per heavy atom. The second-order valence-electron chi connectivity index (χ2n) is 4.99. The lowest BCUT2D eigenvalue weighted by atomic mass is 10.1. The fourth-order valence-electron chi connectivity index (χ4n) is 2.02. The predicted octanol–water partition coefficient (Wildman–Crippen LogP) is 3.12. The maximum Gasteiger partial charge on any atom is 0.243 e. The molecule has 106 valence electrons. The lowest BCUT2D eigenvalue weighted by Gasteiger charge is -2.17. The van der Waals surface area contributed by atoms with Gasteiger partial charge in [-0.2, -0.15) is 4.31 Å². The standard InChI is InChI=1S/C16H19NO2S/c1-13-9-10-15(11-14(13)2)12-17(3)20(18,19)16-7-5-4-6-8-16/h4-11H,12H2,1-3H3. The predicted molar refractivity (Wildman–Crippen MR) is 81.0 cm³/mol. The summed E-state index contributed by atoms with van der Waals surface area (Å²) in [6, 6.07) is 14.5. The van der Waals surface area contributed by atoms with E-state index >= 15 is 0 Å². The van der Waals surface area contributed by atoms with Crippen molar-refractivity contribution < 1.29 is 8.42 Å². The summed E-state index contributed by atoms with van der Waals surface area (Å²) in [4.78, 5) is 0.325. The molecule has 0 bridgehead atoms. The first-order chi connectivity index (χ1) is 9.41. The Bertz CT molecular complexity index is 694. The van der Waals surface area contributed by atoms with Gasteiger partial charge in [-0.05, 0) is 42.7 Å². The first-order valence-electron chi connectivity index (χ1n) is 6.49. The number of benzene rings is 2. The molecule has 0 aromatic heterocycles. The summed E-state index contributed by atoms with van der Waals surface area (Å²) < 4.78 is 26.2. The number of aryl methyl sites for hydroxylation is 2. The number of hydrogen-bond acceptors (Lipinski definition) is 2. The second kappa shape index (κ2) is 5.77. The van der Waals surface area contributed by atoms with Gasteiger partial charge in [0.15, 0.2) is 0 Å². The largest absolute Gasteiger partial charge is 0.243 e. The van der Waals surface area contributed by atoms with Gasteiger partial charge in [0, 0.05) is 13.6 Å². The van der Waals surface area contributed by atoms with E-state index in [1.807, 2.05) is 38.1 Å². The Hall–Kier alpha value is -1.65. The maximum absolute atomic E-state index is 12.4. The van der Waals surface area contributed by atoms with Crippen molar-refractivity contribution in [1.82, 2.24) is 4.31 Å². The molecular formula is C16H19NO2S. The van der Waals surface area contributed by atoms with Crippen LogP contribution in [0.1, 0.15) is 16.7 Å². The van der Waals surface area contributed by atoms with Crippen LogP contribution in [0.25, 0.3) is 0 Å². The van der Waals surface area contributed by atoms with Gasteiger partial charge in [0.1, 0.15) is 0 Å². The molecule has 0 heterocycles. The van der Waals surface area contributed by atoms with Crippen molar-refractivity contribution in [2.75, 3.05) is 7.05 Å². The van der Waals surface area contributed by atoms with E-state index in [1.54, 1.807) is 31.3 Å². The molecule has 2 rings (SSSR count). The molecule has 20 heavy (non-hydrogen) atoms. The highest BCUT2D eigenvalue weighted by Crippen LogP contribution is 2.17. The van der Waals surface area contributed by atoms with Crippen molar-refractivity contribution in [3.63, 3.8) is 0 Å². The third kappa shape index (κ3) is 3.08. The van der Waals surface area contributed by atoms with Crippen LogP contribution in [-0.2, 0) is 16.6 Å². The average Bonchev–Trinajstić information content (AvgIpc) is 2.44. The summed E-state index contributed by atoms with van der Waals surface area (Å²) in [5.74, 6) is 0. The summed E-state index contributed by atoms with van der Waals surface area (Å²) in [5.41, 5.74) is 3.38. The van der Waals surface area contributed by atoms with Crippen molar-refractivity contribution in [3.05, 3.63) is 65.2 Å². The van der Waals surface area contributed by atoms with Crippen LogP contribution in [0.15, 0.2) is 53.4 Å². The van der Waals surface area contributed by atoms with Crippen LogP contribution < -0.4 is 0 Å². The fourth-order valence-corrected chi connectivity index (χ4v) is 3.20. The zero-order chi connectivity index (χ0) is 14.8. The molecule has 0 N–H and O–H groups in total. The first-order valence-corrected chi connectivity index (χ1v) is 7.93. The highest BCUT2D eigenvalue weighted by atomic mass is 32.2. The lowest BCUT2D eigenvalue weighted by molar-refractivity contribution is 0.466. The van der Waals surface area contributed by atoms with E-state index in [4.69, 9.17) is 0 Å². The quantitative estimate of drug-likeness (QED) is 0.867. The van der Waals surface area contributed by atoms with E-state index in [0.717, 1.165) is 5.56 Å². The van der Waals surface area contributed by atoms with E-state index in [-0.39, 0.29) is 0 Å². The van der Waals surface area contributed by atoms with E-state index in [0.29, 0.717) is 11.4 Å². The smallest absolute Gasteiger partial charge is 0.207 e. The van der Waals surface area contributed by atoms with Crippen LogP contribution in [0.2, 0.25) is 0 Å². The third-order valence-corrected chi connectivity index (χ3v) is 5.25. The Kier molecular flexibility index (Phi) is 4.26. The molecule has 0 unspecified atom stereocenters. The first kappa shape index (κ1) is 14.8. The van der Waals surface area contributed by atoms with Gasteiger partial charge in [0.2, 0.25) is 10.0 Å². The molecule has 0 aliphatic heterocycles. The molecule has 0 aliphatic rings. The molecule has 0 radical (unpaired) electrons. The van der Waals surface area contributed by atoms with Gasteiger partial charge in [-0.1, -0.05) is 36.4 Å². The molecular weight excluding hydrogens is 270 g/mol. The van der Waals surface area contributed by atoms with Crippen LogP contribution >= 0.6 is 0 Å². The molecule has 0 atom stereocenters. The van der Waals surface area contributed by atoms with Gasteiger partial charge in [-0.25, -0.2) is 8.42 Å². The highest BCUT2D eigenvalue weighted by molar-refractivity contribution is 7.89. The van der Waals surface area contributed by atoms with E-state index < -0.39 is 10.0 Å². The Balaban J connectivity index is 2.23. The lowest BCUT2D eigenvalue weighted by Crippen LogP contribution is -2.26. The van der Waals surface area contributed by atoms with E-state index in [9.17, 15) is 8.42 Å². The molecule has 0 amide bonds. The van der Waals surface area contributed by atoms with Crippen molar-refractivity contribution in [2.24, 2.45) is 0 Å². The van der Waals surface area contributed by atoms with Crippen LogP contribution in [0, 0.1) is 13.8 Å². The third-order valence-electron chi connectivity index (χ3n) is 3.43. The minimum atomic E-state index is -3.43. The molecule has 0 fully saturated rings. The highest BCUT2D eigenvalue weighted by Gasteiger charge is 2.20. The van der Waals surface area contributed by atoms with Crippen LogP contribution in [0.4, 0.5) is 0 Å². The summed E-state index contributed by atoms with van der Waals surface area (Å²) >= 11 is 0. The molecule has 2 aromatic carbocycles. The minimum absolute atomic E-state index is 0.325. The fraction of sp³-hybridized carbons (Fsp3) is 0.250. The zero-order valence-electron chi connectivity index (χ0n) is 12.0. The molecule has 0 saturated carbocycles.